The molecular weight excluding hydrogens is 256 g/mol. The van der Waals surface area contributed by atoms with Gasteiger partial charge in [0.25, 0.3) is 0 Å². The molecule has 3 unspecified atom stereocenters. The molecule has 118 valence electrons. The van der Waals surface area contributed by atoms with Crippen LogP contribution in [0.4, 0.5) is 0 Å². The van der Waals surface area contributed by atoms with Crippen LogP contribution in [0, 0.1) is 11.3 Å². The second kappa shape index (κ2) is 6.50. The molecule has 1 fully saturated rings. The Morgan fingerprint density at radius 3 is 2.24 bits per heavy atom. The van der Waals surface area contributed by atoms with Crippen molar-refractivity contribution in [1.82, 2.24) is 10.2 Å². The average Bonchev–Trinajstić information content (AvgIpc) is 2.45. The molecule has 2 rings (SSSR count). The van der Waals surface area contributed by atoms with Crippen LogP contribution in [0.3, 0.4) is 0 Å². The second-order valence-electron chi connectivity index (χ2n) is 7.93. The predicted molar refractivity (Wildman–Crippen MR) is 91.4 cm³/mol. The Labute approximate surface area is 130 Å². The summed E-state index contributed by atoms with van der Waals surface area (Å²) in [5.74, 6) is 0.676. The van der Waals surface area contributed by atoms with E-state index in [-0.39, 0.29) is 0 Å². The SMILES string of the molecule is CC(C)C(C)N1CC(C(C)(C)C)NCC1c1ccccc1. The number of nitrogens with one attached hydrogen (secondary N) is 1. The highest BCUT2D eigenvalue weighted by molar-refractivity contribution is 5.21. The smallest absolute Gasteiger partial charge is 0.0476 e. The number of rotatable bonds is 3. The Kier molecular flexibility index (Phi) is 5.11. The third kappa shape index (κ3) is 3.87. The van der Waals surface area contributed by atoms with Gasteiger partial charge in [0, 0.05) is 31.2 Å². The van der Waals surface area contributed by atoms with Gasteiger partial charge in [0.05, 0.1) is 0 Å². The van der Waals surface area contributed by atoms with Gasteiger partial charge in [0.1, 0.15) is 0 Å². The molecule has 3 atom stereocenters. The van der Waals surface area contributed by atoms with E-state index in [1.165, 1.54) is 5.56 Å². The summed E-state index contributed by atoms with van der Waals surface area (Å²) in [4.78, 5) is 2.71. The summed E-state index contributed by atoms with van der Waals surface area (Å²) in [6.45, 7) is 16.2. The standard InChI is InChI=1S/C19H32N2/c1-14(2)15(3)21-13-18(19(4,5)6)20-12-17(21)16-10-8-7-9-11-16/h7-11,14-15,17-18,20H,12-13H2,1-6H3. The van der Waals surface area contributed by atoms with Crippen LogP contribution < -0.4 is 5.32 Å². The van der Waals surface area contributed by atoms with E-state index in [1.807, 2.05) is 0 Å². The minimum Gasteiger partial charge on any atom is -0.310 e. The van der Waals surface area contributed by atoms with Crippen molar-refractivity contribution in [3.05, 3.63) is 35.9 Å². The molecule has 1 heterocycles. The van der Waals surface area contributed by atoms with Crippen molar-refractivity contribution in [3.8, 4) is 0 Å². The van der Waals surface area contributed by atoms with E-state index in [4.69, 9.17) is 0 Å². The number of hydrogen-bond acceptors (Lipinski definition) is 2. The van der Waals surface area contributed by atoms with Crippen LogP contribution in [0.1, 0.15) is 53.1 Å². The zero-order valence-electron chi connectivity index (χ0n) is 14.6. The number of hydrogen-bond donors (Lipinski definition) is 1. The first-order valence-electron chi connectivity index (χ1n) is 8.34. The number of benzene rings is 1. The fraction of sp³-hybridized carbons (Fsp3) is 0.684. The number of piperazine rings is 1. The summed E-state index contributed by atoms with van der Waals surface area (Å²) in [6, 6.07) is 12.6. The van der Waals surface area contributed by atoms with E-state index in [2.05, 4.69) is 82.1 Å². The van der Waals surface area contributed by atoms with Crippen LogP contribution in [-0.4, -0.2) is 30.1 Å². The van der Waals surface area contributed by atoms with Crippen LogP contribution >= 0.6 is 0 Å². The molecule has 1 aromatic carbocycles. The minimum atomic E-state index is 0.302. The Bertz CT molecular complexity index is 433. The number of nitrogens with zero attached hydrogens (tertiary/aromatic N) is 1. The third-order valence-electron chi connectivity index (χ3n) is 5.07. The molecule has 1 aliphatic rings. The quantitative estimate of drug-likeness (QED) is 0.901. The Morgan fingerprint density at radius 2 is 1.71 bits per heavy atom. The summed E-state index contributed by atoms with van der Waals surface area (Å²) >= 11 is 0. The molecule has 0 radical (unpaired) electrons. The molecule has 0 aromatic heterocycles. The van der Waals surface area contributed by atoms with Crippen molar-refractivity contribution in [3.63, 3.8) is 0 Å². The monoisotopic (exact) mass is 288 g/mol. The molecule has 2 heteroatoms. The molecule has 1 aromatic rings. The Hall–Kier alpha value is -0.860. The van der Waals surface area contributed by atoms with Crippen LogP contribution in [-0.2, 0) is 0 Å². The van der Waals surface area contributed by atoms with E-state index >= 15 is 0 Å². The van der Waals surface area contributed by atoms with Crippen molar-refractivity contribution in [2.24, 2.45) is 11.3 Å². The van der Waals surface area contributed by atoms with Gasteiger partial charge in [-0.05, 0) is 23.8 Å². The normalized spacial score (nSPS) is 26.0. The van der Waals surface area contributed by atoms with Crippen molar-refractivity contribution in [2.75, 3.05) is 13.1 Å². The maximum absolute atomic E-state index is 3.79. The zero-order valence-corrected chi connectivity index (χ0v) is 14.6. The van der Waals surface area contributed by atoms with Crippen LogP contribution in [0.25, 0.3) is 0 Å². The molecule has 1 saturated heterocycles. The zero-order chi connectivity index (χ0) is 15.6. The molecule has 0 amide bonds. The molecule has 1 N–H and O–H groups in total. The van der Waals surface area contributed by atoms with Crippen molar-refractivity contribution in [1.29, 1.82) is 0 Å². The highest BCUT2D eigenvalue weighted by Crippen LogP contribution is 2.32. The Balaban J connectivity index is 2.24. The summed E-state index contributed by atoms with van der Waals surface area (Å²) in [5.41, 5.74) is 1.74. The van der Waals surface area contributed by atoms with Gasteiger partial charge in [-0.15, -0.1) is 0 Å². The molecule has 1 aliphatic heterocycles. The molecule has 2 nitrogen and oxygen atoms in total. The highest BCUT2D eigenvalue weighted by Gasteiger charge is 2.37. The van der Waals surface area contributed by atoms with Gasteiger partial charge in [0.15, 0.2) is 0 Å². The molecule has 21 heavy (non-hydrogen) atoms. The fourth-order valence-corrected chi connectivity index (χ4v) is 3.17. The summed E-state index contributed by atoms with van der Waals surface area (Å²) in [7, 11) is 0. The lowest BCUT2D eigenvalue weighted by atomic mass is 9.83. The average molecular weight is 288 g/mol. The largest absolute Gasteiger partial charge is 0.310 e. The lowest BCUT2D eigenvalue weighted by Gasteiger charge is -2.48. The van der Waals surface area contributed by atoms with Gasteiger partial charge in [-0.2, -0.15) is 0 Å². The minimum absolute atomic E-state index is 0.302. The summed E-state index contributed by atoms with van der Waals surface area (Å²) in [6.07, 6.45) is 0. The van der Waals surface area contributed by atoms with Gasteiger partial charge < -0.3 is 5.32 Å². The summed E-state index contributed by atoms with van der Waals surface area (Å²) < 4.78 is 0. The van der Waals surface area contributed by atoms with E-state index in [0.717, 1.165) is 13.1 Å². The first-order chi connectivity index (χ1) is 9.80. The fourth-order valence-electron chi connectivity index (χ4n) is 3.17. The molecule has 0 saturated carbocycles. The van der Waals surface area contributed by atoms with Crippen molar-refractivity contribution in [2.45, 2.75) is 59.7 Å². The third-order valence-corrected chi connectivity index (χ3v) is 5.07. The van der Waals surface area contributed by atoms with Gasteiger partial charge in [0.2, 0.25) is 0 Å². The first-order valence-corrected chi connectivity index (χ1v) is 8.34. The van der Waals surface area contributed by atoms with E-state index in [9.17, 15) is 0 Å². The topological polar surface area (TPSA) is 15.3 Å². The van der Waals surface area contributed by atoms with Crippen molar-refractivity contribution >= 4 is 0 Å². The maximum atomic E-state index is 3.79. The van der Waals surface area contributed by atoms with E-state index in [0.29, 0.717) is 29.5 Å². The molecular formula is C19H32N2. The molecule has 0 bridgehead atoms. The van der Waals surface area contributed by atoms with E-state index < -0.39 is 0 Å². The van der Waals surface area contributed by atoms with Crippen molar-refractivity contribution < 1.29 is 0 Å². The maximum Gasteiger partial charge on any atom is 0.0476 e. The van der Waals surface area contributed by atoms with Gasteiger partial charge in [-0.3, -0.25) is 4.90 Å². The molecule has 0 spiro atoms. The second-order valence-corrected chi connectivity index (χ2v) is 7.93. The Morgan fingerprint density at radius 1 is 1.10 bits per heavy atom. The van der Waals surface area contributed by atoms with Gasteiger partial charge in [-0.1, -0.05) is 65.0 Å². The van der Waals surface area contributed by atoms with Gasteiger partial charge >= 0.3 is 0 Å². The van der Waals surface area contributed by atoms with Gasteiger partial charge in [-0.25, -0.2) is 0 Å². The highest BCUT2D eigenvalue weighted by atomic mass is 15.3. The molecule has 0 aliphatic carbocycles. The van der Waals surface area contributed by atoms with Crippen LogP contribution in [0.15, 0.2) is 30.3 Å². The first kappa shape index (κ1) is 16.5. The predicted octanol–water partition coefficient (Wildman–Crippen LogP) is 4.09. The summed E-state index contributed by atoms with van der Waals surface area (Å²) in [5, 5.41) is 3.79. The van der Waals surface area contributed by atoms with E-state index in [1.54, 1.807) is 0 Å². The lowest BCUT2D eigenvalue weighted by Crippen LogP contribution is -2.59. The lowest BCUT2D eigenvalue weighted by molar-refractivity contribution is 0.0384. The van der Waals surface area contributed by atoms with Crippen LogP contribution in [0.2, 0.25) is 0 Å². The van der Waals surface area contributed by atoms with Crippen LogP contribution in [0.5, 0.6) is 0 Å².